The standard InChI is InChI=1S/C26H25N5O3S/c1-18-8-12-20(13-9-18)25(33)29-28-24(32)17-35-26-30-27-23(31(26)21-6-4-3-5-7-21)16-34-22-14-10-19(2)11-15-22/h3-15H,16-17H2,1-2H3,(H,28,32)(H,29,33). The molecule has 1 aromatic heterocycles. The Balaban J connectivity index is 1.40. The average molecular weight is 488 g/mol. The van der Waals surface area contributed by atoms with Gasteiger partial charge in [-0.15, -0.1) is 10.2 Å². The first-order chi connectivity index (χ1) is 17.0. The molecule has 0 saturated heterocycles. The van der Waals surface area contributed by atoms with Gasteiger partial charge in [0.15, 0.2) is 11.0 Å². The molecule has 4 rings (SSSR count). The van der Waals surface area contributed by atoms with Crippen LogP contribution in [0.2, 0.25) is 0 Å². The van der Waals surface area contributed by atoms with Gasteiger partial charge in [0.25, 0.3) is 5.91 Å². The van der Waals surface area contributed by atoms with E-state index < -0.39 is 0 Å². The Bertz CT molecular complexity index is 1290. The number of rotatable bonds is 8. The van der Waals surface area contributed by atoms with E-state index in [0.717, 1.165) is 22.6 Å². The molecular formula is C26H25N5O3S. The van der Waals surface area contributed by atoms with E-state index in [4.69, 9.17) is 4.74 Å². The van der Waals surface area contributed by atoms with Crippen LogP contribution in [0.1, 0.15) is 27.3 Å². The second-order valence-corrected chi connectivity index (χ2v) is 8.77. The van der Waals surface area contributed by atoms with E-state index in [2.05, 4.69) is 21.0 Å². The third kappa shape index (κ3) is 6.48. The van der Waals surface area contributed by atoms with Crippen molar-refractivity contribution in [1.82, 2.24) is 25.6 Å². The molecule has 0 aliphatic carbocycles. The van der Waals surface area contributed by atoms with E-state index in [1.165, 1.54) is 11.8 Å². The highest BCUT2D eigenvalue weighted by molar-refractivity contribution is 7.99. The predicted molar refractivity (Wildman–Crippen MR) is 134 cm³/mol. The van der Waals surface area contributed by atoms with Crippen LogP contribution in [0.3, 0.4) is 0 Å². The summed E-state index contributed by atoms with van der Waals surface area (Å²) in [7, 11) is 0. The topological polar surface area (TPSA) is 98.1 Å². The van der Waals surface area contributed by atoms with Crippen molar-refractivity contribution in [3.8, 4) is 11.4 Å². The summed E-state index contributed by atoms with van der Waals surface area (Å²) in [4.78, 5) is 24.6. The van der Waals surface area contributed by atoms with Crippen LogP contribution in [0.25, 0.3) is 5.69 Å². The molecular weight excluding hydrogens is 462 g/mol. The third-order valence-electron chi connectivity index (χ3n) is 5.07. The SMILES string of the molecule is Cc1ccc(OCc2nnc(SCC(=O)NNC(=O)c3ccc(C)cc3)n2-c2ccccc2)cc1. The van der Waals surface area contributed by atoms with Crippen LogP contribution < -0.4 is 15.6 Å². The first-order valence-corrected chi connectivity index (χ1v) is 12.0. The van der Waals surface area contributed by atoms with Gasteiger partial charge in [-0.25, -0.2) is 0 Å². The highest BCUT2D eigenvalue weighted by atomic mass is 32.2. The van der Waals surface area contributed by atoms with Crippen molar-refractivity contribution < 1.29 is 14.3 Å². The fraction of sp³-hybridized carbons (Fsp3) is 0.154. The van der Waals surface area contributed by atoms with Gasteiger partial charge in [-0.1, -0.05) is 65.4 Å². The normalized spacial score (nSPS) is 10.6. The Morgan fingerprint density at radius 3 is 2.20 bits per heavy atom. The van der Waals surface area contributed by atoms with E-state index in [0.29, 0.717) is 16.5 Å². The number of carbonyl (C=O) groups is 2. The summed E-state index contributed by atoms with van der Waals surface area (Å²) in [6.45, 7) is 4.17. The number of aromatic nitrogens is 3. The molecule has 178 valence electrons. The van der Waals surface area contributed by atoms with Crippen LogP contribution in [0, 0.1) is 13.8 Å². The summed E-state index contributed by atoms with van der Waals surface area (Å²) >= 11 is 1.21. The maximum absolute atomic E-state index is 12.4. The van der Waals surface area contributed by atoms with E-state index in [9.17, 15) is 9.59 Å². The fourth-order valence-electron chi connectivity index (χ4n) is 3.18. The average Bonchev–Trinajstić information content (AvgIpc) is 3.29. The number of hydrazine groups is 1. The molecule has 2 N–H and O–H groups in total. The molecule has 0 radical (unpaired) electrons. The highest BCUT2D eigenvalue weighted by Crippen LogP contribution is 2.23. The number of ether oxygens (including phenoxy) is 1. The second-order valence-electron chi connectivity index (χ2n) is 7.83. The van der Waals surface area contributed by atoms with Gasteiger partial charge in [-0.2, -0.15) is 0 Å². The molecule has 0 unspecified atom stereocenters. The summed E-state index contributed by atoms with van der Waals surface area (Å²) in [5, 5.41) is 9.10. The van der Waals surface area contributed by atoms with Crippen molar-refractivity contribution in [2.24, 2.45) is 0 Å². The number of carbonyl (C=O) groups excluding carboxylic acids is 2. The Morgan fingerprint density at radius 1 is 0.857 bits per heavy atom. The molecule has 0 bridgehead atoms. The van der Waals surface area contributed by atoms with Crippen LogP contribution in [0.4, 0.5) is 0 Å². The number of thioether (sulfide) groups is 1. The number of hydrogen-bond donors (Lipinski definition) is 2. The van der Waals surface area contributed by atoms with Crippen molar-refractivity contribution in [2.75, 3.05) is 5.75 Å². The first-order valence-electron chi connectivity index (χ1n) is 11.0. The number of amides is 2. The second kappa shape index (κ2) is 11.3. The van der Waals surface area contributed by atoms with Crippen LogP contribution in [0.5, 0.6) is 5.75 Å². The summed E-state index contributed by atoms with van der Waals surface area (Å²) in [5.74, 6) is 0.628. The lowest BCUT2D eigenvalue weighted by Crippen LogP contribution is -2.42. The van der Waals surface area contributed by atoms with Crippen LogP contribution in [-0.2, 0) is 11.4 Å². The summed E-state index contributed by atoms with van der Waals surface area (Å²) in [6.07, 6.45) is 0. The number of nitrogens with zero attached hydrogens (tertiary/aromatic N) is 3. The molecule has 8 nitrogen and oxygen atoms in total. The van der Waals surface area contributed by atoms with Crippen LogP contribution >= 0.6 is 11.8 Å². The largest absolute Gasteiger partial charge is 0.486 e. The zero-order valence-electron chi connectivity index (χ0n) is 19.4. The van der Waals surface area contributed by atoms with Gasteiger partial charge in [0.1, 0.15) is 12.4 Å². The monoisotopic (exact) mass is 487 g/mol. The van der Waals surface area contributed by atoms with Crippen molar-refractivity contribution >= 4 is 23.6 Å². The van der Waals surface area contributed by atoms with Gasteiger partial charge in [-0.05, 0) is 50.2 Å². The Morgan fingerprint density at radius 2 is 1.51 bits per heavy atom. The van der Waals surface area contributed by atoms with E-state index in [1.807, 2.05) is 85.1 Å². The molecule has 0 aliphatic heterocycles. The van der Waals surface area contributed by atoms with Crippen molar-refractivity contribution in [1.29, 1.82) is 0 Å². The Labute approximate surface area is 207 Å². The molecule has 0 fully saturated rings. The number of benzene rings is 3. The van der Waals surface area contributed by atoms with Gasteiger partial charge >= 0.3 is 0 Å². The molecule has 9 heteroatoms. The van der Waals surface area contributed by atoms with Gasteiger partial charge in [0.2, 0.25) is 5.91 Å². The van der Waals surface area contributed by atoms with Gasteiger partial charge in [0, 0.05) is 11.3 Å². The lowest BCUT2D eigenvalue weighted by molar-refractivity contribution is -0.119. The van der Waals surface area contributed by atoms with E-state index >= 15 is 0 Å². The van der Waals surface area contributed by atoms with Crippen molar-refractivity contribution in [3.63, 3.8) is 0 Å². The minimum absolute atomic E-state index is 0.0396. The number of aryl methyl sites for hydroxylation is 2. The minimum atomic E-state index is -0.383. The third-order valence-corrected chi connectivity index (χ3v) is 5.99. The number of para-hydroxylation sites is 1. The molecule has 0 aliphatic rings. The first kappa shape index (κ1) is 24.0. The molecule has 4 aromatic rings. The fourth-order valence-corrected chi connectivity index (χ4v) is 3.95. The van der Waals surface area contributed by atoms with Gasteiger partial charge in [-0.3, -0.25) is 25.0 Å². The lowest BCUT2D eigenvalue weighted by Gasteiger charge is -2.11. The molecule has 0 saturated carbocycles. The molecule has 0 spiro atoms. The van der Waals surface area contributed by atoms with Crippen molar-refractivity contribution in [2.45, 2.75) is 25.6 Å². The molecule has 0 atom stereocenters. The van der Waals surface area contributed by atoms with Crippen LogP contribution in [-0.4, -0.2) is 32.3 Å². The maximum Gasteiger partial charge on any atom is 0.269 e. The molecule has 2 amide bonds. The number of nitrogens with one attached hydrogen (secondary N) is 2. The van der Waals surface area contributed by atoms with Gasteiger partial charge < -0.3 is 4.74 Å². The quantitative estimate of drug-likeness (QED) is 0.288. The zero-order valence-corrected chi connectivity index (χ0v) is 20.2. The van der Waals surface area contributed by atoms with Crippen LogP contribution in [0.15, 0.2) is 84.0 Å². The summed E-state index contributed by atoms with van der Waals surface area (Å²) < 4.78 is 7.76. The molecule has 35 heavy (non-hydrogen) atoms. The van der Waals surface area contributed by atoms with Crippen molar-refractivity contribution in [3.05, 3.63) is 101 Å². The maximum atomic E-state index is 12.4. The minimum Gasteiger partial charge on any atom is -0.486 e. The molecule has 1 heterocycles. The predicted octanol–water partition coefficient (Wildman–Crippen LogP) is 4.02. The summed E-state index contributed by atoms with van der Waals surface area (Å²) in [5.41, 5.74) is 8.39. The zero-order chi connectivity index (χ0) is 24.6. The van der Waals surface area contributed by atoms with E-state index in [1.54, 1.807) is 12.1 Å². The Hall–Kier alpha value is -4.11. The smallest absolute Gasteiger partial charge is 0.269 e. The summed E-state index contributed by atoms with van der Waals surface area (Å²) in [6, 6.07) is 24.5. The van der Waals surface area contributed by atoms with Gasteiger partial charge in [0.05, 0.1) is 5.75 Å². The lowest BCUT2D eigenvalue weighted by atomic mass is 10.1. The highest BCUT2D eigenvalue weighted by Gasteiger charge is 2.17. The van der Waals surface area contributed by atoms with E-state index in [-0.39, 0.29) is 24.2 Å². The number of hydrogen-bond acceptors (Lipinski definition) is 6. The molecule has 3 aromatic carbocycles. The Kier molecular flexibility index (Phi) is 7.79.